The van der Waals surface area contributed by atoms with Gasteiger partial charge in [-0.25, -0.2) is 4.98 Å². The molecular weight excluding hydrogens is 438 g/mol. The average Bonchev–Trinajstić information content (AvgIpc) is 3.01. The number of nitrogens with one attached hydrogen (secondary N) is 1. The Morgan fingerprint density at radius 1 is 1.14 bits per heavy atom. The predicted molar refractivity (Wildman–Crippen MR) is 119 cm³/mol. The molecule has 1 aromatic heterocycles. The molecule has 0 bridgehead atoms. The van der Waals surface area contributed by atoms with E-state index in [0.717, 1.165) is 47.0 Å². The number of carbonyl (C=O) groups excluding carboxylic acids is 1. The first kappa shape index (κ1) is 20.6. The predicted octanol–water partition coefficient (Wildman–Crippen LogP) is 5.74. The summed E-state index contributed by atoms with van der Waals surface area (Å²) in [7, 11) is 0. The van der Waals surface area contributed by atoms with Crippen LogP contribution in [-0.2, 0) is 13.0 Å². The van der Waals surface area contributed by atoms with Crippen LogP contribution in [0.2, 0.25) is 5.02 Å². The van der Waals surface area contributed by atoms with Crippen molar-refractivity contribution in [3.05, 3.63) is 76.0 Å². The molecule has 0 aliphatic rings. The number of amides is 1. The van der Waals surface area contributed by atoms with Crippen LogP contribution in [0.4, 0.5) is 0 Å². The van der Waals surface area contributed by atoms with Gasteiger partial charge >= 0.3 is 0 Å². The van der Waals surface area contributed by atoms with E-state index in [0.29, 0.717) is 23.7 Å². The average molecular weight is 461 g/mol. The van der Waals surface area contributed by atoms with Gasteiger partial charge in [0.2, 0.25) is 0 Å². The van der Waals surface area contributed by atoms with Gasteiger partial charge in [0.1, 0.15) is 5.82 Å². The third-order valence-electron chi connectivity index (χ3n) is 4.51. The summed E-state index contributed by atoms with van der Waals surface area (Å²) < 4.78 is 3.15. The first-order valence-electron chi connectivity index (χ1n) is 9.36. The molecule has 146 valence electrons. The normalized spacial score (nSPS) is 10.9. The molecular formula is C22H23BrClN3O. The Bertz CT molecular complexity index is 983. The Morgan fingerprint density at radius 2 is 1.96 bits per heavy atom. The molecule has 0 spiro atoms. The lowest BCUT2D eigenvalue weighted by atomic mass is 10.1. The summed E-state index contributed by atoms with van der Waals surface area (Å²) in [6, 6.07) is 15.2. The van der Waals surface area contributed by atoms with Gasteiger partial charge in [-0.1, -0.05) is 58.7 Å². The number of carbonyl (C=O) groups is 1. The highest BCUT2D eigenvalue weighted by Gasteiger charge is 2.10. The van der Waals surface area contributed by atoms with Crippen molar-refractivity contribution in [1.29, 1.82) is 0 Å². The second-order valence-electron chi connectivity index (χ2n) is 6.70. The van der Waals surface area contributed by atoms with Gasteiger partial charge < -0.3 is 9.88 Å². The van der Waals surface area contributed by atoms with E-state index >= 15 is 0 Å². The molecule has 0 atom stereocenters. The van der Waals surface area contributed by atoms with Crippen molar-refractivity contribution in [3.63, 3.8) is 0 Å². The fourth-order valence-corrected chi connectivity index (χ4v) is 3.62. The van der Waals surface area contributed by atoms with Gasteiger partial charge in [0, 0.05) is 28.0 Å². The maximum Gasteiger partial charge on any atom is 0.251 e. The van der Waals surface area contributed by atoms with Crippen LogP contribution in [0.15, 0.2) is 59.6 Å². The van der Waals surface area contributed by atoms with E-state index < -0.39 is 0 Å². The van der Waals surface area contributed by atoms with Crippen LogP contribution in [0.25, 0.3) is 11.0 Å². The summed E-state index contributed by atoms with van der Waals surface area (Å²) in [5, 5.41) is 3.52. The molecule has 3 aromatic rings. The van der Waals surface area contributed by atoms with Gasteiger partial charge in [-0.2, -0.15) is 0 Å². The van der Waals surface area contributed by atoms with E-state index in [1.165, 1.54) is 0 Å². The SMILES string of the molecule is C=C(Br)Cn1c(CCCCCNC(=O)c2cccc(Cl)c2)nc2ccccc21. The number of benzene rings is 2. The van der Waals surface area contributed by atoms with Crippen molar-refractivity contribution in [3.8, 4) is 0 Å². The van der Waals surface area contributed by atoms with Crippen LogP contribution >= 0.6 is 27.5 Å². The molecule has 0 saturated carbocycles. The minimum atomic E-state index is -0.0832. The number of fused-ring (bicyclic) bond motifs is 1. The molecule has 0 radical (unpaired) electrons. The first-order chi connectivity index (χ1) is 13.5. The highest BCUT2D eigenvalue weighted by atomic mass is 79.9. The summed E-state index contributed by atoms with van der Waals surface area (Å²) in [4.78, 5) is 16.9. The van der Waals surface area contributed by atoms with Crippen LogP contribution < -0.4 is 5.32 Å². The Balaban J connectivity index is 1.48. The number of aromatic nitrogens is 2. The number of hydrogen-bond acceptors (Lipinski definition) is 2. The summed E-state index contributed by atoms with van der Waals surface area (Å²) >= 11 is 9.39. The fraction of sp³-hybridized carbons (Fsp3) is 0.273. The standard InChI is InChI=1S/C22H23BrClN3O/c1-16(23)15-27-20-11-5-4-10-19(20)26-21(27)12-3-2-6-13-25-22(28)17-8-7-9-18(24)14-17/h4-5,7-11,14H,1-3,6,12-13,15H2,(H,25,28). The molecule has 1 amide bonds. The minimum absolute atomic E-state index is 0.0832. The van der Waals surface area contributed by atoms with Gasteiger partial charge in [-0.3, -0.25) is 4.79 Å². The summed E-state index contributed by atoms with van der Waals surface area (Å²) in [6.45, 7) is 5.33. The number of nitrogens with zero attached hydrogens (tertiary/aromatic N) is 2. The molecule has 4 nitrogen and oxygen atoms in total. The summed E-state index contributed by atoms with van der Waals surface area (Å²) in [5.41, 5.74) is 2.74. The van der Waals surface area contributed by atoms with Crippen molar-refractivity contribution in [2.75, 3.05) is 6.54 Å². The quantitative estimate of drug-likeness (QED) is 0.414. The molecule has 6 heteroatoms. The topological polar surface area (TPSA) is 46.9 Å². The molecule has 0 aliphatic heterocycles. The zero-order valence-electron chi connectivity index (χ0n) is 15.6. The molecule has 1 N–H and O–H groups in total. The Hall–Kier alpha value is -2.11. The van der Waals surface area contributed by atoms with Crippen LogP contribution in [0.3, 0.4) is 0 Å². The van der Waals surface area contributed by atoms with Crippen molar-refractivity contribution in [1.82, 2.24) is 14.9 Å². The van der Waals surface area contributed by atoms with Crippen LogP contribution in [0.5, 0.6) is 0 Å². The lowest BCUT2D eigenvalue weighted by molar-refractivity contribution is 0.0953. The maximum atomic E-state index is 12.1. The number of rotatable bonds is 9. The van der Waals surface area contributed by atoms with Crippen molar-refractivity contribution < 1.29 is 4.79 Å². The van der Waals surface area contributed by atoms with E-state index in [1.807, 2.05) is 18.2 Å². The number of allylic oxidation sites excluding steroid dienone is 1. The molecule has 2 aromatic carbocycles. The third kappa shape index (κ3) is 5.46. The summed E-state index contributed by atoms with van der Waals surface area (Å²) in [5.74, 6) is 0.991. The first-order valence-corrected chi connectivity index (χ1v) is 10.5. The molecule has 0 saturated heterocycles. The monoisotopic (exact) mass is 459 g/mol. The Kier molecular flexibility index (Phi) is 7.29. The van der Waals surface area contributed by atoms with Crippen LogP contribution in [0, 0.1) is 0 Å². The van der Waals surface area contributed by atoms with Gasteiger partial charge in [0.15, 0.2) is 0 Å². The second-order valence-corrected chi connectivity index (χ2v) is 8.25. The number of unbranched alkanes of at least 4 members (excludes halogenated alkanes) is 2. The Morgan fingerprint density at radius 3 is 2.75 bits per heavy atom. The Labute approximate surface area is 178 Å². The van der Waals surface area contributed by atoms with E-state index in [9.17, 15) is 4.79 Å². The number of imidazole rings is 1. The molecule has 0 aliphatic carbocycles. The highest BCUT2D eigenvalue weighted by molar-refractivity contribution is 9.11. The van der Waals surface area contributed by atoms with Gasteiger partial charge in [-0.15, -0.1) is 0 Å². The lowest BCUT2D eigenvalue weighted by Gasteiger charge is -2.09. The molecule has 0 unspecified atom stereocenters. The van der Waals surface area contributed by atoms with E-state index in [-0.39, 0.29) is 5.91 Å². The van der Waals surface area contributed by atoms with Gasteiger partial charge in [0.05, 0.1) is 17.6 Å². The third-order valence-corrected chi connectivity index (χ3v) is 5.00. The van der Waals surface area contributed by atoms with E-state index in [4.69, 9.17) is 16.6 Å². The molecule has 1 heterocycles. The van der Waals surface area contributed by atoms with Gasteiger partial charge in [0.25, 0.3) is 5.91 Å². The van der Waals surface area contributed by atoms with E-state index in [1.54, 1.807) is 24.3 Å². The number of hydrogen-bond donors (Lipinski definition) is 1. The lowest BCUT2D eigenvalue weighted by Crippen LogP contribution is -2.24. The molecule has 0 fully saturated rings. The fourth-order valence-electron chi connectivity index (χ4n) is 3.18. The van der Waals surface area contributed by atoms with Crippen LogP contribution in [0.1, 0.15) is 35.4 Å². The second kappa shape index (κ2) is 9.89. The largest absolute Gasteiger partial charge is 0.352 e. The zero-order valence-corrected chi connectivity index (χ0v) is 18.0. The van der Waals surface area contributed by atoms with Crippen LogP contribution in [-0.4, -0.2) is 22.0 Å². The number of aryl methyl sites for hydroxylation is 1. The number of halogens is 2. The smallest absolute Gasteiger partial charge is 0.251 e. The van der Waals surface area contributed by atoms with E-state index in [2.05, 4.69) is 38.5 Å². The van der Waals surface area contributed by atoms with Crippen molar-refractivity contribution in [2.24, 2.45) is 0 Å². The van der Waals surface area contributed by atoms with Crippen molar-refractivity contribution >= 4 is 44.5 Å². The summed E-state index contributed by atoms with van der Waals surface area (Å²) in [6.07, 6.45) is 3.87. The van der Waals surface area contributed by atoms with Gasteiger partial charge in [-0.05, 0) is 43.2 Å². The molecule has 3 rings (SSSR count). The minimum Gasteiger partial charge on any atom is -0.352 e. The number of para-hydroxylation sites is 2. The molecule has 28 heavy (non-hydrogen) atoms. The zero-order chi connectivity index (χ0) is 19.9. The highest BCUT2D eigenvalue weighted by Crippen LogP contribution is 2.20. The maximum absolute atomic E-state index is 12.1. The van der Waals surface area contributed by atoms with Crippen molar-refractivity contribution in [2.45, 2.75) is 32.2 Å².